The van der Waals surface area contributed by atoms with E-state index in [1.165, 1.54) is 0 Å². The van der Waals surface area contributed by atoms with Crippen molar-refractivity contribution in [2.45, 2.75) is 19.1 Å². The van der Waals surface area contributed by atoms with E-state index < -0.39 is 11.6 Å². The van der Waals surface area contributed by atoms with Gasteiger partial charge in [0.25, 0.3) is 0 Å². The molecule has 1 atom stereocenters. The van der Waals surface area contributed by atoms with Gasteiger partial charge in [-0.15, -0.1) is 0 Å². The van der Waals surface area contributed by atoms with Crippen LogP contribution in [0.5, 0.6) is 0 Å². The van der Waals surface area contributed by atoms with Crippen molar-refractivity contribution in [3.8, 4) is 0 Å². The van der Waals surface area contributed by atoms with Crippen molar-refractivity contribution in [2.75, 3.05) is 0 Å². The second kappa shape index (κ2) is 4.70. The Labute approximate surface area is 87.5 Å². The number of carbonyl (C=O) groups excluding carboxylic acids is 2. The van der Waals surface area contributed by atoms with Crippen LogP contribution in [0.2, 0.25) is 0 Å². The lowest BCUT2D eigenvalue weighted by atomic mass is 10.1. The Morgan fingerprint density at radius 1 is 1.40 bits per heavy atom. The molecule has 0 spiro atoms. The fraction of sp³-hybridized carbons (Fsp3) is 0.273. The van der Waals surface area contributed by atoms with Crippen LogP contribution in [0.3, 0.4) is 0 Å². The summed E-state index contributed by atoms with van der Waals surface area (Å²) in [6, 6.07) is 8.99. The van der Waals surface area contributed by atoms with Crippen LogP contribution in [-0.2, 0) is 26.0 Å². The maximum absolute atomic E-state index is 10.6. The molecule has 1 radical (unpaired) electrons. The van der Waals surface area contributed by atoms with Crippen LogP contribution in [0.15, 0.2) is 30.3 Å². The fourth-order valence-corrected chi connectivity index (χ4v) is 0.949. The third kappa shape index (κ3) is 2.89. The van der Waals surface area contributed by atoms with Gasteiger partial charge in [-0.1, -0.05) is 30.3 Å². The fourth-order valence-electron chi connectivity index (χ4n) is 0.949. The summed E-state index contributed by atoms with van der Waals surface area (Å²) in [7, 11) is 0. The van der Waals surface area contributed by atoms with E-state index in [0.29, 0.717) is 0 Å². The second-order valence-electron chi connectivity index (χ2n) is 3.29. The van der Waals surface area contributed by atoms with Gasteiger partial charge in [0, 0.05) is 0 Å². The highest BCUT2D eigenvalue weighted by Crippen LogP contribution is 2.11. The average molecular weight is 207 g/mol. The van der Waals surface area contributed by atoms with Gasteiger partial charge in [-0.25, -0.2) is 9.90 Å². The summed E-state index contributed by atoms with van der Waals surface area (Å²) in [5, 5.41) is 10.6. The monoisotopic (exact) mass is 207 g/mol. The Morgan fingerprint density at radius 2 is 2.00 bits per heavy atom. The summed E-state index contributed by atoms with van der Waals surface area (Å²) in [4.78, 5) is 21.1. The summed E-state index contributed by atoms with van der Waals surface area (Å²) in [5.41, 5.74) is -1.08. The molecule has 0 bridgehead atoms. The Bertz CT molecular complexity index is 347. The van der Waals surface area contributed by atoms with E-state index in [1.54, 1.807) is 24.3 Å². The molecule has 1 aromatic rings. The summed E-state index contributed by atoms with van der Waals surface area (Å²) in [6.45, 7) is 1.22. The number of ether oxygens (including phenoxy) is 1. The molecular weight excluding hydrogens is 196 g/mol. The average Bonchev–Trinajstić information content (AvgIpc) is 2.27. The lowest BCUT2D eigenvalue weighted by molar-refractivity contribution is -0.172. The smallest absolute Gasteiger partial charge is 0.352 e. The van der Waals surface area contributed by atoms with Crippen LogP contribution in [0.4, 0.5) is 0 Å². The minimum Gasteiger partial charge on any atom is -0.352 e. The third-order valence-electron chi connectivity index (χ3n) is 2.01. The molecule has 0 fully saturated rings. The van der Waals surface area contributed by atoms with Gasteiger partial charge in [-0.3, -0.25) is 4.79 Å². The Balaban J connectivity index is 2.63. The maximum Gasteiger partial charge on any atom is 0.394 e. The molecule has 15 heavy (non-hydrogen) atoms. The van der Waals surface area contributed by atoms with E-state index in [0.717, 1.165) is 12.5 Å². The predicted octanol–water partition coefficient (Wildman–Crippen LogP) is 1.12. The van der Waals surface area contributed by atoms with Crippen LogP contribution in [0, 0.1) is 0 Å². The van der Waals surface area contributed by atoms with Crippen molar-refractivity contribution in [1.29, 1.82) is 0 Å². The zero-order valence-corrected chi connectivity index (χ0v) is 8.30. The first-order chi connectivity index (χ1) is 7.08. The first kappa shape index (κ1) is 11.4. The number of hydrogen-bond donors (Lipinski definition) is 0. The molecule has 0 aliphatic heterocycles. The normalized spacial score (nSPS) is 14.2. The van der Waals surface area contributed by atoms with Crippen LogP contribution in [-0.4, -0.2) is 17.9 Å². The molecular formula is C11H11O4. The number of rotatable bonds is 5. The highest BCUT2D eigenvalue weighted by Gasteiger charge is 2.35. The van der Waals surface area contributed by atoms with Gasteiger partial charge >= 0.3 is 5.97 Å². The minimum atomic E-state index is -1.88. The molecule has 0 heterocycles. The van der Waals surface area contributed by atoms with Gasteiger partial charge in [0.15, 0.2) is 6.29 Å². The van der Waals surface area contributed by atoms with Gasteiger partial charge in [0.2, 0.25) is 5.60 Å². The van der Waals surface area contributed by atoms with Crippen molar-refractivity contribution in [3.05, 3.63) is 35.9 Å². The SMILES string of the molecule is CC(C=O)(OCc1ccccc1)C([O])=O. The lowest BCUT2D eigenvalue weighted by Crippen LogP contribution is -2.39. The summed E-state index contributed by atoms with van der Waals surface area (Å²) in [5.74, 6) is -1.53. The van der Waals surface area contributed by atoms with Gasteiger partial charge in [0.05, 0.1) is 6.61 Å². The van der Waals surface area contributed by atoms with E-state index in [-0.39, 0.29) is 12.9 Å². The minimum absolute atomic E-state index is 0.0596. The molecule has 0 aliphatic carbocycles. The Hall–Kier alpha value is -1.68. The molecule has 0 saturated heterocycles. The van der Waals surface area contributed by atoms with E-state index in [4.69, 9.17) is 4.74 Å². The molecule has 0 saturated carbocycles. The summed E-state index contributed by atoms with van der Waals surface area (Å²) >= 11 is 0. The molecule has 0 aliphatic rings. The van der Waals surface area contributed by atoms with Crippen LogP contribution in [0.1, 0.15) is 12.5 Å². The summed E-state index contributed by atoms with van der Waals surface area (Å²) in [6.07, 6.45) is 0.227. The quantitative estimate of drug-likeness (QED) is 0.536. The second-order valence-corrected chi connectivity index (χ2v) is 3.29. The molecule has 4 nitrogen and oxygen atoms in total. The van der Waals surface area contributed by atoms with Crippen LogP contribution >= 0.6 is 0 Å². The number of benzene rings is 1. The van der Waals surface area contributed by atoms with Crippen LogP contribution in [0.25, 0.3) is 0 Å². The first-order valence-corrected chi connectivity index (χ1v) is 4.44. The van der Waals surface area contributed by atoms with Crippen molar-refractivity contribution in [3.63, 3.8) is 0 Å². The van der Waals surface area contributed by atoms with Crippen molar-refractivity contribution in [1.82, 2.24) is 0 Å². The highest BCUT2D eigenvalue weighted by molar-refractivity contribution is 5.94. The standard InChI is InChI=1S/C11H11O4/c1-11(8-12,10(13)14)15-7-9-5-3-2-4-6-9/h2-6,8H,7H2,1H3. The Morgan fingerprint density at radius 3 is 2.47 bits per heavy atom. The zero-order chi connectivity index (χ0) is 11.3. The third-order valence-corrected chi connectivity index (χ3v) is 2.01. The largest absolute Gasteiger partial charge is 0.394 e. The predicted molar refractivity (Wildman–Crippen MR) is 51.4 cm³/mol. The maximum atomic E-state index is 10.6. The first-order valence-electron chi connectivity index (χ1n) is 4.44. The molecule has 0 aromatic heterocycles. The van der Waals surface area contributed by atoms with E-state index >= 15 is 0 Å². The van der Waals surface area contributed by atoms with Crippen molar-refractivity contribution in [2.24, 2.45) is 0 Å². The van der Waals surface area contributed by atoms with Gasteiger partial charge in [-0.2, -0.15) is 0 Å². The molecule has 0 N–H and O–H groups in total. The zero-order valence-electron chi connectivity index (χ0n) is 8.30. The van der Waals surface area contributed by atoms with Gasteiger partial charge in [-0.05, 0) is 12.5 Å². The van der Waals surface area contributed by atoms with E-state index in [2.05, 4.69) is 0 Å². The van der Waals surface area contributed by atoms with Gasteiger partial charge in [0.1, 0.15) is 0 Å². The topological polar surface area (TPSA) is 63.3 Å². The lowest BCUT2D eigenvalue weighted by Gasteiger charge is -2.16. The highest BCUT2D eigenvalue weighted by atomic mass is 16.5. The van der Waals surface area contributed by atoms with Gasteiger partial charge < -0.3 is 4.74 Å². The molecule has 1 unspecified atom stereocenters. The van der Waals surface area contributed by atoms with E-state index in [9.17, 15) is 14.7 Å². The van der Waals surface area contributed by atoms with Crippen molar-refractivity contribution < 1.29 is 19.4 Å². The summed E-state index contributed by atoms with van der Waals surface area (Å²) < 4.78 is 5.00. The molecule has 79 valence electrons. The van der Waals surface area contributed by atoms with E-state index in [1.807, 2.05) is 6.07 Å². The molecule has 0 amide bonds. The van der Waals surface area contributed by atoms with Crippen LogP contribution < -0.4 is 0 Å². The number of carbonyl (C=O) groups is 2. The molecule has 1 rings (SSSR count). The number of aldehydes is 1. The number of hydrogen-bond acceptors (Lipinski definition) is 3. The van der Waals surface area contributed by atoms with Crippen molar-refractivity contribution >= 4 is 12.3 Å². The molecule has 4 heteroatoms. The Kier molecular flexibility index (Phi) is 3.57. The molecule has 1 aromatic carbocycles.